The zero-order valence-corrected chi connectivity index (χ0v) is 14.0. The van der Waals surface area contributed by atoms with E-state index in [0.29, 0.717) is 15.8 Å². The van der Waals surface area contributed by atoms with E-state index in [0.717, 1.165) is 30.1 Å². The summed E-state index contributed by atoms with van der Waals surface area (Å²) in [5, 5.41) is 6.09. The van der Waals surface area contributed by atoms with Gasteiger partial charge in [0.1, 0.15) is 0 Å². The summed E-state index contributed by atoms with van der Waals surface area (Å²) in [6, 6.07) is 6.54. The van der Waals surface area contributed by atoms with Gasteiger partial charge in [-0.25, -0.2) is 4.98 Å². The van der Waals surface area contributed by atoms with Crippen molar-refractivity contribution in [3.05, 3.63) is 39.9 Å². The number of carbonyl (C=O) groups is 2. The van der Waals surface area contributed by atoms with Crippen LogP contribution in [0.5, 0.6) is 0 Å². The molecule has 23 heavy (non-hydrogen) atoms. The molecule has 2 N–H and O–H groups in total. The van der Waals surface area contributed by atoms with E-state index in [-0.39, 0.29) is 0 Å². The molecule has 0 bridgehead atoms. The summed E-state index contributed by atoms with van der Waals surface area (Å²) < 4.78 is 0. The van der Waals surface area contributed by atoms with Gasteiger partial charge in [-0.3, -0.25) is 14.9 Å². The molecule has 2 aromatic rings. The SMILES string of the molecule is CN1CCc2nc(NC(=O)C(=O)Nc3ccc(Cl)cc3)sc2C1. The van der Waals surface area contributed by atoms with Crippen molar-refractivity contribution in [3.8, 4) is 0 Å². The number of aromatic nitrogens is 1. The van der Waals surface area contributed by atoms with Crippen LogP contribution in [0.25, 0.3) is 0 Å². The van der Waals surface area contributed by atoms with Crippen LogP contribution in [0.3, 0.4) is 0 Å². The van der Waals surface area contributed by atoms with Gasteiger partial charge in [-0.15, -0.1) is 11.3 Å². The predicted octanol–water partition coefficient (Wildman–Crippen LogP) is 2.36. The number of fused-ring (bicyclic) bond motifs is 1. The van der Waals surface area contributed by atoms with E-state index in [2.05, 4.69) is 20.5 Å². The average Bonchev–Trinajstić information content (AvgIpc) is 2.90. The van der Waals surface area contributed by atoms with Gasteiger partial charge in [0, 0.05) is 35.1 Å². The first-order valence-corrected chi connectivity index (χ1v) is 8.26. The van der Waals surface area contributed by atoms with E-state index < -0.39 is 11.8 Å². The van der Waals surface area contributed by atoms with Crippen LogP contribution in [0.2, 0.25) is 5.02 Å². The molecule has 8 heteroatoms. The molecular weight excluding hydrogens is 336 g/mol. The molecule has 0 saturated carbocycles. The Balaban J connectivity index is 1.62. The zero-order chi connectivity index (χ0) is 16.4. The third-order valence-corrected chi connectivity index (χ3v) is 4.70. The van der Waals surface area contributed by atoms with Gasteiger partial charge in [-0.05, 0) is 31.3 Å². The van der Waals surface area contributed by atoms with Crippen molar-refractivity contribution in [2.75, 3.05) is 24.2 Å². The summed E-state index contributed by atoms with van der Waals surface area (Å²) in [6.07, 6.45) is 0.856. The first kappa shape index (κ1) is 15.9. The molecule has 120 valence electrons. The Kier molecular flexibility index (Phi) is 4.61. The molecule has 3 rings (SSSR count). The largest absolute Gasteiger partial charge is 0.318 e. The van der Waals surface area contributed by atoms with Crippen LogP contribution in [0.4, 0.5) is 10.8 Å². The van der Waals surface area contributed by atoms with Gasteiger partial charge >= 0.3 is 11.8 Å². The number of rotatable bonds is 2. The lowest BCUT2D eigenvalue weighted by molar-refractivity contribution is -0.132. The van der Waals surface area contributed by atoms with Crippen LogP contribution in [0.15, 0.2) is 24.3 Å². The molecule has 2 amide bonds. The molecule has 1 aliphatic rings. The lowest BCUT2D eigenvalue weighted by Gasteiger charge is -2.20. The summed E-state index contributed by atoms with van der Waals surface area (Å²) in [4.78, 5) is 31.6. The molecule has 1 aromatic carbocycles. The van der Waals surface area contributed by atoms with Crippen molar-refractivity contribution in [2.24, 2.45) is 0 Å². The molecule has 0 radical (unpaired) electrons. The molecule has 0 atom stereocenters. The van der Waals surface area contributed by atoms with Gasteiger partial charge in [-0.1, -0.05) is 11.6 Å². The lowest BCUT2D eigenvalue weighted by atomic mass is 10.2. The Morgan fingerprint density at radius 2 is 1.91 bits per heavy atom. The van der Waals surface area contributed by atoms with Crippen molar-refractivity contribution < 1.29 is 9.59 Å². The van der Waals surface area contributed by atoms with Crippen LogP contribution < -0.4 is 10.6 Å². The van der Waals surface area contributed by atoms with Gasteiger partial charge in [-0.2, -0.15) is 0 Å². The van der Waals surface area contributed by atoms with Gasteiger partial charge in [0.15, 0.2) is 5.13 Å². The number of anilines is 2. The zero-order valence-electron chi connectivity index (χ0n) is 12.4. The maximum atomic E-state index is 12.0. The fraction of sp³-hybridized carbons (Fsp3) is 0.267. The molecule has 1 aliphatic heterocycles. The van der Waals surface area contributed by atoms with Gasteiger partial charge in [0.2, 0.25) is 0 Å². The molecule has 0 spiro atoms. The third kappa shape index (κ3) is 3.87. The Morgan fingerprint density at radius 1 is 1.22 bits per heavy atom. The maximum Gasteiger partial charge on any atom is 0.315 e. The highest BCUT2D eigenvalue weighted by Crippen LogP contribution is 2.27. The molecule has 0 unspecified atom stereocenters. The van der Waals surface area contributed by atoms with Crippen molar-refractivity contribution in [2.45, 2.75) is 13.0 Å². The maximum absolute atomic E-state index is 12.0. The highest BCUT2D eigenvalue weighted by Gasteiger charge is 2.21. The Hall–Kier alpha value is -1.96. The number of likely N-dealkylation sites (N-methyl/N-ethyl adjacent to an activating group) is 1. The van der Waals surface area contributed by atoms with Crippen LogP contribution in [-0.4, -0.2) is 35.3 Å². The summed E-state index contributed by atoms with van der Waals surface area (Å²) in [6.45, 7) is 1.76. The summed E-state index contributed by atoms with van der Waals surface area (Å²) in [5.41, 5.74) is 1.51. The highest BCUT2D eigenvalue weighted by atomic mass is 35.5. The van der Waals surface area contributed by atoms with Crippen molar-refractivity contribution in [1.82, 2.24) is 9.88 Å². The minimum absolute atomic E-state index is 0.460. The second kappa shape index (κ2) is 6.66. The number of nitrogens with zero attached hydrogens (tertiary/aromatic N) is 2. The van der Waals surface area contributed by atoms with Gasteiger partial charge < -0.3 is 10.2 Å². The van der Waals surface area contributed by atoms with E-state index in [1.54, 1.807) is 24.3 Å². The second-order valence-electron chi connectivity index (χ2n) is 5.29. The number of carbonyl (C=O) groups excluding carboxylic acids is 2. The van der Waals surface area contributed by atoms with Crippen molar-refractivity contribution >= 4 is 45.6 Å². The minimum atomic E-state index is -0.738. The second-order valence-corrected chi connectivity index (χ2v) is 6.81. The Labute approximate surface area is 142 Å². The topological polar surface area (TPSA) is 74.3 Å². The van der Waals surface area contributed by atoms with Gasteiger partial charge in [0.25, 0.3) is 0 Å². The van der Waals surface area contributed by atoms with Gasteiger partial charge in [0.05, 0.1) is 5.69 Å². The smallest absolute Gasteiger partial charge is 0.315 e. The van der Waals surface area contributed by atoms with E-state index in [9.17, 15) is 9.59 Å². The normalized spacial score (nSPS) is 14.2. The number of halogens is 1. The predicted molar refractivity (Wildman–Crippen MR) is 90.9 cm³/mol. The average molecular weight is 351 g/mol. The van der Waals surface area contributed by atoms with E-state index >= 15 is 0 Å². The molecule has 0 fully saturated rings. The summed E-state index contributed by atoms with van der Waals surface area (Å²) >= 11 is 7.19. The highest BCUT2D eigenvalue weighted by molar-refractivity contribution is 7.16. The summed E-state index contributed by atoms with van der Waals surface area (Å²) in [7, 11) is 2.04. The number of benzene rings is 1. The third-order valence-electron chi connectivity index (χ3n) is 3.45. The molecule has 6 nitrogen and oxygen atoms in total. The summed E-state index contributed by atoms with van der Waals surface area (Å²) in [5.74, 6) is -1.47. The minimum Gasteiger partial charge on any atom is -0.318 e. The molecular formula is C15H15ClN4O2S. The van der Waals surface area contributed by atoms with E-state index in [1.165, 1.54) is 11.3 Å². The van der Waals surface area contributed by atoms with E-state index in [1.807, 2.05) is 7.05 Å². The van der Waals surface area contributed by atoms with Crippen LogP contribution in [0, 0.1) is 0 Å². The monoisotopic (exact) mass is 350 g/mol. The molecule has 0 saturated heterocycles. The number of amides is 2. The number of hydrogen-bond donors (Lipinski definition) is 2. The Morgan fingerprint density at radius 3 is 2.65 bits per heavy atom. The quantitative estimate of drug-likeness (QED) is 0.815. The van der Waals surface area contributed by atoms with E-state index in [4.69, 9.17) is 11.6 Å². The van der Waals surface area contributed by atoms with Crippen LogP contribution in [0.1, 0.15) is 10.6 Å². The van der Waals surface area contributed by atoms with Crippen molar-refractivity contribution in [1.29, 1.82) is 0 Å². The number of thiazole rings is 1. The number of nitrogens with one attached hydrogen (secondary N) is 2. The molecule has 0 aliphatic carbocycles. The number of hydrogen-bond acceptors (Lipinski definition) is 5. The lowest BCUT2D eigenvalue weighted by Crippen LogP contribution is -2.29. The van der Waals surface area contributed by atoms with Crippen LogP contribution >= 0.6 is 22.9 Å². The first-order valence-electron chi connectivity index (χ1n) is 7.06. The standard InChI is InChI=1S/C15H15ClN4O2S/c1-20-7-6-11-12(8-20)23-15(18-11)19-14(22)13(21)17-10-4-2-9(16)3-5-10/h2-5H,6-8H2,1H3,(H,17,21)(H,18,19,22). The van der Waals surface area contributed by atoms with Crippen LogP contribution in [-0.2, 0) is 22.6 Å². The Bertz CT molecular complexity index is 744. The first-order chi connectivity index (χ1) is 11.0. The molecule has 2 heterocycles. The fourth-order valence-corrected chi connectivity index (χ4v) is 3.46. The fourth-order valence-electron chi connectivity index (χ4n) is 2.25. The van der Waals surface area contributed by atoms with Crippen molar-refractivity contribution in [3.63, 3.8) is 0 Å². The molecule has 1 aromatic heterocycles.